The van der Waals surface area contributed by atoms with Crippen LogP contribution >= 0.6 is 0 Å². The number of aromatic hydroxyl groups is 1. The molecule has 128 valence electrons. The van der Waals surface area contributed by atoms with Crippen LogP contribution in [-0.4, -0.2) is 5.11 Å². The van der Waals surface area contributed by atoms with Crippen molar-refractivity contribution in [2.75, 3.05) is 0 Å². The zero-order valence-corrected chi connectivity index (χ0v) is 16.0. The summed E-state index contributed by atoms with van der Waals surface area (Å²) in [7, 11) is 0. The lowest BCUT2D eigenvalue weighted by atomic mass is 9.79. The molecule has 1 atom stereocenters. The molecule has 0 aromatic heterocycles. The lowest BCUT2D eigenvalue weighted by molar-refractivity contribution is 0.433. The lowest BCUT2D eigenvalue weighted by Gasteiger charge is -2.26. The summed E-state index contributed by atoms with van der Waals surface area (Å²) in [4.78, 5) is 0. The van der Waals surface area contributed by atoms with E-state index in [0.717, 1.165) is 12.0 Å². The third-order valence-corrected chi connectivity index (χ3v) is 4.61. The van der Waals surface area contributed by atoms with Gasteiger partial charge < -0.3 is 5.11 Å². The first kappa shape index (κ1) is 21.0. The second-order valence-electron chi connectivity index (χ2n) is 6.78. The van der Waals surface area contributed by atoms with Crippen LogP contribution < -0.4 is 0 Å². The van der Waals surface area contributed by atoms with Crippen molar-refractivity contribution in [3.05, 3.63) is 29.3 Å². The van der Waals surface area contributed by atoms with Gasteiger partial charge in [-0.15, -0.1) is 0 Å². The van der Waals surface area contributed by atoms with Crippen LogP contribution in [0.4, 0.5) is 0 Å². The van der Waals surface area contributed by atoms with Gasteiger partial charge in [-0.05, 0) is 41.4 Å². The van der Waals surface area contributed by atoms with E-state index in [0.29, 0.717) is 11.7 Å². The molecule has 0 heterocycles. The van der Waals surface area contributed by atoms with Gasteiger partial charge in [0.05, 0.1) is 0 Å². The van der Waals surface area contributed by atoms with Gasteiger partial charge in [-0.2, -0.15) is 0 Å². The van der Waals surface area contributed by atoms with Crippen LogP contribution in [0.2, 0.25) is 0 Å². The van der Waals surface area contributed by atoms with Crippen molar-refractivity contribution in [3.63, 3.8) is 0 Å². The van der Waals surface area contributed by atoms with Crippen molar-refractivity contribution in [2.45, 2.75) is 98.3 Å². The first-order chi connectivity index (χ1) is 10.4. The number of phenols is 1. The average molecular weight is 307 g/mol. The van der Waals surface area contributed by atoms with Crippen LogP contribution in [0.3, 0.4) is 0 Å². The van der Waals surface area contributed by atoms with E-state index in [-0.39, 0.29) is 5.41 Å². The second kappa shape index (κ2) is 10.7. The Balaban J connectivity index is 0.00000211. The van der Waals surface area contributed by atoms with Gasteiger partial charge in [0, 0.05) is 0 Å². The minimum absolute atomic E-state index is 0.152. The Morgan fingerprint density at radius 1 is 1.05 bits per heavy atom. The molecular weight excluding hydrogens is 268 g/mol. The highest BCUT2D eigenvalue weighted by Crippen LogP contribution is 2.35. The van der Waals surface area contributed by atoms with Crippen molar-refractivity contribution in [1.29, 1.82) is 0 Å². The van der Waals surface area contributed by atoms with Crippen LogP contribution in [0.15, 0.2) is 18.2 Å². The third-order valence-electron chi connectivity index (χ3n) is 4.61. The molecule has 0 saturated heterocycles. The van der Waals surface area contributed by atoms with E-state index in [9.17, 15) is 5.11 Å². The Kier molecular flexibility index (Phi) is 10.2. The normalized spacial score (nSPS) is 12.5. The molecule has 0 fully saturated rings. The molecule has 0 aliphatic carbocycles. The zero-order valence-electron chi connectivity index (χ0n) is 16.0. The topological polar surface area (TPSA) is 20.2 Å². The summed E-state index contributed by atoms with van der Waals surface area (Å²) in [5.41, 5.74) is 2.50. The Morgan fingerprint density at radius 2 is 1.68 bits per heavy atom. The summed E-state index contributed by atoms with van der Waals surface area (Å²) in [6.45, 7) is 15.2. The maximum absolute atomic E-state index is 10.3. The quantitative estimate of drug-likeness (QED) is 0.504. The standard InChI is InChI=1S/C19H32O.C2H6/c1-6-8-9-10-13-19(4,5)16-11-12-17(15(3)7-2)18(20)14-16;1-2/h11-12,14-15,20H,6-10,13H2,1-5H3;1-2H3/t15-;/m1./s1. The van der Waals surface area contributed by atoms with E-state index < -0.39 is 0 Å². The van der Waals surface area contributed by atoms with Crippen LogP contribution in [0.25, 0.3) is 0 Å². The summed E-state index contributed by atoms with van der Waals surface area (Å²) in [6, 6.07) is 6.31. The molecule has 1 N–H and O–H groups in total. The minimum atomic E-state index is 0.152. The molecule has 1 heteroatoms. The fraction of sp³-hybridized carbons (Fsp3) is 0.714. The van der Waals surface area contributed by atoms with E-state index in [1.807, 2.05) is 19.9 Å². The van der Waals surface area contributed by atoms with Crippen molar-refractivity contribution >= 4 is 0 Å². The third kappa shape index (κ3) is 6.42. The molecule has 0 bridgehead atoms. The molecule has 0 aliphatic rings. The second-order valence-corrected chi connectivity index (χ2v) is 6.78. The van der Waals surface area contributed by atoms with Crippen molar-refractivity contribution in [1.82, 2.24) is 0 Å². The molecule has 0 unspecified atom stereocenters. The maximum atomic E-state index is 10.3. The van der Waals surface area contributed by atoms with Crippen LogP contribution in [0.5, 0.6) is 5.75 Å². The summed E-state index contributed by atoms with van der Waals surface area (Å²) < 4.78 is 0. The first-order valence-corrected chi connectivity index (χ1v) is 9.25. The monoisotopic (exact) mass is 306 g/mol. The Bertz CT molecular complexity index is 406. The number of benzene rings is 1. The van der Waals surface area contributed by atoms with E-state index in [4.69, 9.17) is 0 Å². The molecular formula is C21H38O. The summed E-state index contributed by atoms with van der Waals surface area (Å²) >= 11 is 0. The van der Waals surface area contributed by atoms with E-state index in [2.05, 4.69) is 46.8 Å². The minimum Gasteiger partial charge on any atom is -0.508 e. The van der Waals surface area contributed by atoms with Crippen molar-refractivity contribution < 1.29 is 5.11 Å². The van der Waals surface area contributed by atoms with Crippen LogP contribution in [0.1, 0.15) is 104 Å². The van der Waals surface area contributed by atoms with E-state index >= 15 is 0 Å². The number of unbranched alkanes of at least 4 members (excludes halogenated alkanes) is 3. The van der Waals surface area contributed by atoms with Crippen LogP contribution in [-0.2, 0) is 5.41 Å². The lowest BCUT2D eigenvalue weighted by Crippen LogP contribution is -2.17. The number of hydrogen-bond acceptors (Lipinski definition) is 1. The molecule has 22 heavy (non-hydrogen) atoms. The largest absolute Gasteiger partial charge is 0.508 e. The molecule has 1 rings (SSSR count). The van der Waals surface area contributed by atoms with Crippen molar-refractivity contribution in [3.8, 4) is 5.75 Å². The SMILES string of the molecule is CC.CCCCCCC(C)(C)c1ccc([C@H](C)CC)c(O)c1. The maximum Gasteiger partial charge on any atom is 0.119 e. The van der Waals surface area contributed by atoms with Gasteiger partial charge in [-0.25, -0.2) is 0 Å². The fourth-order valence-corrected chi connectivity index (χ4v) is 2.74. The highest BCUT2D eigenvalue weighted by atomic mass is 16.3. The number of rotatable bonds is 8. The van der Waals surface area contributed by atoms with Gasteiger partial charge in [0.2, 0.25) is 0 Å². The van der Waals surface area contributed by atoms with Gasteiger partial charge in [0.15, 0.2) is 0 Å². The molecule has 1 nitrogen and oxygen atoms in total. The predicted molar refractivity (Wildman–Crippen MR) is 99.9 cm³/mol. The molecule has 1 aromatic carbocycles. The summed E-state index contributed by atoms with van der Waals surface area (Å²) in [6.07, 6.45) is 7.45. The Hall–Kier alpha value is -0.980. The van der Waals surface area contributed by atoms with Gasteiger partial charge in [-0.3, -0.25) is 0 Å². The fourth-order valence-electron chi connectivity index (χ4n) is 2.74. The first-order valence-electron chi connectivity index (χ1n) is 9.25. The van der Waals surface area contributed by atoms with E-state index in [1.165, 1.54) is 37.7 Å². The number of hydrogen-bond donors (Lipinski definition) is 1. The molecule has 0 radical (unpaired) electrons. The summed E-state index contributed by atoms with van der Waals surface area (Å²) in [5.74, 6) is 0.898. The highest BCUT2D eigenvalue weighted by molar-refractivity contribution is 5.41. The van der Waals surface area contributed by atoms with Gasteiger partial charge in [-0.1, -0.05) is 86.3 Å². The molecule has 0 aliphatic heterocycles. The smallest absolute Gasteiger partial charge is 0.119 e. The van der Waals surface area contributed by atoms with Gasteiger partial charge >= 0.3 is 0 Å². The molecule has 0 saturated carbocycles. The Labute approximate surface area is 139 Å². The van der Waals surface area contributed by atoms with Gasteiger partial charge in [0.1, 0.15) is 5.75 Å². The van der Waals surface area contributed by atoms with Gasteiger partial charge in [0.25, 0.3) is 0 Å². The zero-order chi connectivity index (χ0) is 17.2. The molecule has 1 aromatic rings. The number of phenolic OH excluding ortho intramolecular Hbond substituents is 1. The molecule has 0 amide bonds. The van der Waals surface area contributed by atoms with Crippen molar-refractivity contribution in [2.24, 2.45) is 0 Å². The summed E-state index contributed by atoms with van der Waals surface area (Å²) in [5, 5.41) is 10.3. The van der Waals surface area contributed by atoms with E-state index in [1.54, 1.807) is 0 Å². The predicted octanol–water partition coefficient (Wildman–Crippen LogP) is 7.18. The molecule has 0 spiro atoms. The average Bonchev–Trinajstić information content (AvgIpc) is 2.52. The highest BCUT2D eigenvalue weighted by Gasteiger charge is 2.21. The van der Waals surface area contributed by atoms with Crippen LogP contribution in [0, 0.1) is 0 Å². The Morgan fingerprint density at radius 3 is 2.18 bits per heavy atom.